The molecule has 0 atom stereocenters. The molecule has 0 aliphatic heterocycles. The maximum Gasteiger partial charge on any atom is 0.123 e. The van der Waals surface area contributed by atoms with Crippen molar-refractivity contribution in [3.63, 3.8) is 0 Å². The van der Waals surface area contributed by atoms with Gasteiger partial charge in [-0.3, -0.25) is 0 Å². The average Bonchev–Trinajstić information content (AvgIpc) is 2.24. The van der Waals surface area contributed by atoms with Crippen molar-refractivity contribution in [3.8, 4) is 5.75 Å². The Morgan fingerprint density at radius 2 is 1.93 bits per heavy atom. The molecule has 0 heterocycles. The average molecular weight is 215 g/mol. The van der Waals surface area contributed by atoms with Crippen molar-refractivity contribution in [1.82, 2.24) is 5.32 Å². The minimum Gasteiger partial charge on any atom is -0.508 e. The maximum atomic E-state index is 12.8. The Hall–Kier alpha value is -1.17. The number of benzene rings is 1. The van der Waals surface area contributed by atoms with Gasteiger partial charge in [0.1, 0.15) is 11.6 Å². The number of nitrogens with one attached hydrogen (secondary N) is 1. The maximum absolute atomic E-state index is 12.8. The Kier molecular flexibility index (Phi) is 4.48. The highest BCUT2D eigenvalue weighted by atomic mass is 19.1. The SMILES string of the molecule is OCC(CO)NCc1cc(F)ccc1O. The van der Waals surface area contributed by atoms with E-state index in [1.54, 1.807) is 0 Å². The van der Waals surface area contributed by atoms with Crippen molar-refractivity contribution in [2.24, 2.45) is 0 Å². The van der Waals surface area contributed by atoms with Crippen LogP contribution in [0.25, 0.3) is 0 Å². The molecule has 5 heteroatoms. The van der Waals surface area contributed by atoms with Gasteiger partial charge in [-0.25, -0.2) is 4.39 Å². The van der Waals surface area contributed by atoms with Crippen LogP contribution in [0.1, 0.15) is 5.56 Å². The van der Waals surface area contributed by atoms with Gasteiger partial charge in [0.25, 0.3) is 0 Å². The molecular weight excluding hydrogens is 201 g/mol. The van der Waals surface area contributed by atoms with Crippen LogP contribution in [0.4, 0.5) is 4.39 Å². The Bertz CT molecular complexity index is 316. The van der Waals surface area contributed by atoms with Crippen molar-refractivity contribution < 1.29 is 19.7 Å². The minimum absolute atomic E-state index is 0.0153. The molecule has 0 aliphatic carbocycles. The molecule has 0 saturated heterocycles. The third-order valence-electron chi connectivity index (χ3n) is 2.06. The molecule has 0 amide bonds. The molecule has 1 aromatic rings. The Morgan fingerprint density at radius 3 is 2.53 bits per heavy atom. The van der Waals surface area contributed by atoms with E-state index in [-0.39, 0.29) is 25.5 Å². The van der Waals surface area contributed by atoms with Crippen LogP contribution in [-0.2, 0) is 6.54 Å². The number of halogens is 1. The lowest BCUT2D eigenvalue weighted by Gasteiger charge is -2.13. The van der Waals surface area contributed by atoms with E-state index in [0.717, 1.165) is 6.07 Å². The monoisotopic (exact) mass is 215 g/mol. The fraction of sp³-hybridized carbons (Fsp3) is 0.400. The van der Waals surface area contributed by atoms with Crippen LogP contribution in [0.5, 0.6) is 5.75 Å². The second-order valence-electron chi connectivity index (χ2n) is 3.22. The zero-order valence-electron chi connectivity index (χ0n) is 8.15. The smallest absolute Gasteiger partial charge is 0.123 e. The molecule has 0 unspecified atom stereocenters. The molecule has 4 N–H and O–H groups in total. The first-order chi connectivity index (χ1) is 7.17. The van der Waals surface area contributed by atoms with Gasteiger partial charge in [0.15, 0.2) is 0 Å². The molecule has 0 aromatic heterocycles. The third-order valence-corrected chi connectivity index (χ3v) is 2.06. The van der Waals surface area contributed by atoms with Gasteiger partial charge in [0.05, 0.1) is 19.3 Å². The third kappa shape index (κ3) is 3.47. The summed E-state index contributed by atoms with van der Waals surface area (Å²) in [6, 6.07) is 3.16. The highest BCUT2D eigenvalue weighted by molar-refractivity contribution is 5.32. The first kappa shape index (κ1) is 11.9. The minimum atomic E-state index is -0.465. The molecule has 0 bridgehead atoms. The molecule has 84 valence electrons. The molecule has 0 radical (unpaired) electrons. The Morgan fingerprint density at radius 1 is 1.27 bits per heavy atom. The number of hydrogen-bond donors (Lipinski definition) is 4. The fourth-order valence-corrected chi connectivity index (χ4v) is 1.14. The second-order valence-corrected chi connectivity index (χ2v) is 3.22. The van der Waals surface area contributed by atoms with Gasteiger partial charge >= 0.3 is 0 Å². The number of aromatic hydroxyl groups is 1. The van der Waals surface area contributed by atoms with Crippen LogP contribution in [-0.4, -0.2) is 34.6 Å². The molecule has 0 aliphatic rings. The van der Waals surface area contributed by atoms with Gasteiger partial charge in [-0.15, -0.1) is 0 Å². The van der Waals surface area contributed by atoms with E-state index in [4.69, 9.17) is 10.2 Å². The molecule has 0 spiro atoms. The highest BCUT2D eigenvalue weighted by Crippen LogP contribution is 2.17. The van der Waals surface area contributed by atoms with E-state index in [9.17, 15) is 9.50 Å². The first-order valence-electron chi connectivity index (χ1n) is 4.60. The van der Waals surface area contributed by atoms with Crippen LogP contribution in [0, 0.1) is 5.82 Å². The van der Waals surface area contributed by atoms with Crippen molar-refractivity contribution in [3.05, 3.63) is 29.6 Å². The van der Waals surface area contributed by atoms with E-state index in [1.807, 2.05) is 0 Å². The Labute approximate surface area is 87.0 Å². The number of phenolic OH excluding ortho intramolecular Hbond substituents is 1. The zero-order chi connectivity index (χ0) is 11.3. The molecule has 1 rings (SSSR count). The number of hydrogen-bond acceptors (Lipinski definition) is 4. The number of aliphatic hydroxyl groups excluding tert-OH is 2. The summed E-state index contributed by atoms with van der Waals surface area (Å²) < 4.78 is 12.8. The van der Waals surface area contributed by atoms with Crippen LogP contribution >= 0.6 is 0 Å². The number of rotatable bonds is 5. The highest BCUT2D eigenvalue weighted by Gasteiger charge is 2.07. The van der Waals surface area contributed by atoms with E-state index >= 15 is 0 Å². The van der Waals surface area contributed by atoms with Crippen LogP contribution < -0.4 is 5.32 Å². The summed E-state index contributed by atoms with van der Waals surface area (Å²) in [5.74, 6) is -0.451. The molecule has 0 fully saturated rings. The van der Waals surface area contributed by atoms with Crippen LogP contribution in [0.3, 0.4) is 0 Å². The largest absolute Gasteiger partial charge is 0.508 e. The van der Waals surface area contributed by atoms with E-state index in [1.165, 1.54) is 12.1 Å². The lowest BCUT2D eigenvalue weighted by Crippen LogP contribution is -2.35. The van der Waals surface area contributed by atoms with Crippen molar-refractivity contribution in [2.75, 3.05) is 13.2 Å². The van der Waals surface area contributed by atoms with E-state index in [2.05, 4.69) is 5.32 Å². The lowest BCUT2D eigenvalue weighted by molar-refractivity contribution is 0.170. The summed E-state index contributed by atoms with van der Waals surface area (Å²) in [5, 5.41) is 29.7. The molecular formula is C10H14FNO3. The first-order valence-corrected chi connectivity index (χ1v) is 4.60. The summed E-state index contributed by atoms with van der Waals surface area (Å²) in [5.41, 5.74) is 0.391. The van der Waals surface area contributed by atoms with Gasteiger partial charge in [0.2, 0.25) is 0 Å². The number of aliphatic hydroxyl groups is 2. The van der Waals surface area contributed by atoms with E-state index < -0.39 is 11.9 Å². The molecule has 4 nitrogen and oxygen atoms in total. The molecule has 15 heavy (non-hydrogen) atoms. The topological polar surface area (TPSA) is 72.7 Å². The summed E-state index contributed by atoms with van der Waals surface area (Å²) in [4.78, 5) is 0. The van der Waals surface area contributed by atoms with Gasteiger partial charge < -0.3 is 20.6 Å². The van der Waals surface area contributed by atoms with Crippen molar-refractivity contribution >= 4 is 0 Å². The summed E-state index contributed by atoms with van der Waals surface area (Å²) >= 11 is 0. The van der Waals surface area contributed by atoms with Gasteiger partial charge in [-0.05, 0) is 18.2 Å². The quantitative estimate of drug-likeness (QED) is 0.557. The lowest BCUT2D eigenvalue weighted by atomic mass is 10.2. The van der Waals surface area contributed by atoms with Gasteiger partial charge in [0, 0.05) is 12.1 Å². The standard InChI is InChI=1S/C10H14FNO3/c11-8-1-2-10(15)7(3-8)4-12-9(5-13)6-14/h1-3,9,12-15H,4-6H2. The van der Waals surface area contributed by atoms with E-state index in [0.29, 0.717) is 5.56 Å². The van der Waals surface area contributed by atoms with Crippen molar-refractivity contribution in [2.45, 2.75) is 12.6 Å². The van der Waals surface area contributed by atoms with Crippen LogP contribution in [0.2, 0.25) is 0 Å². The predicted molar refractivity (Wildman–Crippen MR) is 52.9 cm³/mol. The zero-order valence-corrected chi connectivity index (χ0v) is 8.15. The van der Waals surface area contributed by atoms with Crippen molar-refractivity contribution in [1.29, 1.82) is 0 Å². The van der Waals surface area contributed by atoms with Gasteiger partial charge in [-0.2, -0.15) is 0 Å². The fourth-order valence-electron chi connectivity index (χ4n) is 1.14. The Balaban J connectivity index is 2.60. The summed E-state index contributed by atoms with van der Waals surface area (Å²) in [7, 11) is 0. The summed E-state index contributed by atoms with van der Waals surface area (Å²) in [6.07, 6.45) is 0. The number of phenols is 1. The predicted octanol–water partition coefficient (Wildman–Crippen LogP) is -0.0259. The van der Waals surface area contributed by atoms with Crippen LogP contribution in [0.15, 0.2) is 18.2 Å². The molecule has 1 aromatic carbocycles. The molecule has 0 saturated carbocycles. The summed E-state index contributed by atoms with van der Waals surface area (Å²) in [6.45, 7) is -0.242. The second kappa shape index (κ2) is 5.65. The van der Waals surface area contributed by atoms with Gasteiger partial charge in [-0.1, -0.05) is 0 Å². The normalized spacial score (nSPS) is 10.9.